The first-order chi connectivity index (χ1) is 7.93. The van der Waals surface area contributed by atoms with Crippen molar-refractivity contribution in [3.8, 4) is 0 Å². The van der Waals surface area contributed by atoms with Gasteiger partial charge in [-0.3, -0.25) is 0 Å². The molecule has 0 saturated heterocycles. The van der Waals surface area contributed by atoms with Gasteiger partial charge in [-0.2, -0.15) is 13.2 Å². The number of hydrogen-bond donors (Lipinski definition) is 1. The van der Waals surface area contributed by atoms with Crippen molar-refractivity contribution in [3.63, 3.8) is 0 Å². The third-order valence-electron chi connectivity index (χ3n) is 2.71. The van der Waals surface area contributed by atoms with Gasteiger partial charge in [-0.1, -0.05) is 6.07 Å². The third-order valence-corrected chi connectivity index (χ3v) is 2.71. The standard InChI is InChI=1S/C12H17F3N2/c1-3-17(4-2)11-6-5-9(8-16)7-10(11)12(13,14)15/h5-7H,3-4,8,16H2,1-2H3. The molecule has 0 unspecified atom stereocenters. The lowest BCUT2D eigenvalue weighted by molar-refractivity contribution is -0.137. The second-order valence-corrected chi connectivity index (χ2v) is 3.73. The van der Waals surface area contributed by atoms with Crippen LogP contribution in [0.4, 0.5) is 18.9 Å². The third kappa shape index (κ3) is 3.12. The molecule has 0 heterocycles. The molecule has 0 atom stereocenters. The Morgan fingerprint density at radius 2 is 1.76 bits per heavy atom. The molecule has 1 aromatic carbocycles. The molecule has 0 amide bonds. The summed E-state index contributed by atoms with van der Waals surface area (Å²) < 4.78 is 38.8. The summed E-state index contributed by atoms with van der Waals surface area (Å²) in [5.41, 5.74) is 5.48. The molecule has 2 N–H and O–H groups in total. The molecule has 0 fully saturated rings. The van der Waals surface area contributed by atoms with E-state index >= 15 is 0 Å². The Kier molecular flexibility index (Phi) is 4.40. The minimum Gasteiger partial charge on any atom is -0.372 e. The van der Waals surface area contributed by atoms with Gasteiger partial charge in [0.2, 0.25) is 0 Å². The van der Waals surface area contributed by atoms with Gasteiger partial charge in [0.15, 0.2) is 0 Å². The highest BCUT2D eigenvalue weighted by molar-refractivity contribution is 5.56. The highest BCUT2D eigenvalue weighted by atomic mass is 19.4. The van der Waals surface area contributed by atoms with E-state index < -0.39 is 11.7 Å². The Morgan fingerprint density at radius 1 is 1.18 bits per heavy atom. The molecule has 0 bridgehead atoms. The van der Waals surface area contributed by atoms with E-state index in [1.54, 1.807) is 11.0 Å². The van der Waals surface area contributed by atoms with Crippen LogP contribution in [0.15, 0.2) is 18.2 Å². The zero-order chi connectivity index (χ0) is 13.1. The molecule has 5 heteroatoms. The number of benzene rings is 1. The van der Waals surface area contributed by atoms with Gasteiger partial charge in [-0.15, -0.1) is 0 Å². The van der Waals surface area contributed by atoms with E-state index in [4.69, 9.17) is 5.73 Å². The van der Waals surface area contributed by atoms with Gasteiger partial charge in [0.05, 0.1) is 5.56 Å². The molecule has 0 radical (unpaired) electrons. The van der Waals surface area contributed by atoms with E-state index in [1.807, 2.05) is 13.8 Å². The lowest BCUT2D eigenvalue weighted by Crippen LogP contribution is -2.25. The van der Waals surface area contributed by atoms with Crippen LogP contribution in [-0.2, 0) is 12.7 Å². The average Bonchev–Trinajstić information content (AvgIpc) is 2.29. The van der Waals surface area contributed by atoms with Crippen LogP contribution >= 0.6 is 0 Å². The maximum absolute atomic E-state index is 12.9. The smallest absolute Gasteiger partial charge is 0.372 e. The molecule has 1 rings (SSSR count). The minimum absolute atomic E-state index is 0.113. The number of halogens is 3. The maximum atomic E-state index is 12.9. The fourth-order valence-electron chi connectivity index (χ4n) is 1.78. The Hall–Kier alpha value is -1.23. The van der Waals surface area contributed by atoms with Gasteiger partial charge >= 0.3 is 6.18 Å². The van der Waals surface area contributed by atoms with Gasteiger partial charge in [-0.05, 0) is 31.5 Å². The molecule has 96 valence electrons. The quantitative estimate of drug-likeness (QED) is 0.884. The summed E-state index contributed by atoms with van der Waals surface area (Å²) >= 11 is 0. The Labute approximate surface area is 99.2 Å². The summed E-state index contributed by atoms with van der Waals surface area (Å²) in [6, 6.07) is 4.27. The first-order valence-electron chi connectivity index (χ1n) is 5.59. The molecule has 0 saturated carbocycles. The van der Waals surface area contributed by atoms with Crippen molar-refractivity contribution in [3.05, 3.63) is 29.3 Å². The Bertz CT molecular complexity index is 371. The second kappa shape index (κ2) is 5.40. The first kappa shape index (κ1) is 13.8. The van der Waals surface area contributed by atoms with Crippen molar-refractivity contribution in [2.45, 2.75) is 26.6 Å². The van der Waals surface area contributed by atoms with Crippen LogP contribution in [0.1, 0.15) is 25.0 Å². The van der Waals surface area contributed by atoms with Crippen LogP contribution in [0.3, 0.4) is 0 Å². The molecule has 0 aliphatic rings. The van der Waals surface area contributed by atoms with Gasteiger partial charge in [-0.25, -0.2) is 0 Å². The average molecular weight is 246 g/mol. The highest BCUT2D eigenvalue weighted by Crippen LogP contribution is 2.37. The Balaban J connectivity index is 3.29. The van der Waals surface area contributed by atoms with E-state index in [0.29, 0.717) is 18.7 Å². The zero-order valence-corrected chi connectivity index (χ0v) is 10.0. The van der Waals surface area contributed by atoms with Crippen molar-refractivity contribution in [2.24, 2.45) is 5.73 Å². The molecular weight excluding hydrogens is 229 g/mol. The van der Waals surface area contributed by atoms with Crippen molar-refractivity contribution in [2.75, 3.05) is 18.0 Å². The van der Waals surface area contributed by atoms with Gasteiger partial charge in [0, 0.05) is 25.3 Å². The fraction of sp³-hybridized carbons (Fsp3) is 0.500. The number of nitrogens with two attached hydrogens (primary N) is 1. The Morgan fingerprint density at radius 3 is 2.18 bits per heavy atom. The van der Waals surface area contributed by atoms with Crippen LogP contribution in [0.2, 0.25) is 0 Å². The van der Waals surface area contributed by atoms with Crippen LogP contribution in [0.25, 0.3) is 0 Å². The minimum atomic E-state index is -4.34. The van der Waals surface area contributed by atoms with E-state index in [9.17, 15) is 13.2 Å². The van der Waals surface area contributed by atoms with Crippen molar-refractivity contribution in [1.82, 2.24) is 0 Å². The molecule has 0 spiro atoms. The van der Waals surface area contributed by atoms with Crippen molar-refractivity contribution >= 4 is 5.69 Å². The van der Waals surface area contributed by atoms with Gasteiger partial charge in [0.1, 0.15) is 0 Å². The maximum Gasteiger partial charge on any atom is 0.418 e. The van der Waals surface area contributed by atoms with Crippen LogP contribution in [-0.4, -0.2) is 13.1 Å². The summed E-state index contributed by atoms with van der Waals surface area (Å²) in [5, 5.41) is 0. The van der Waals surface area contributed by atoms with Gasteiger partial charge in [0.25, 0.3) is 0 Å². The van der Waals surface area contributed by atoms with Gasteiger partial charge < -0.3 is 10.6 Å². The predicted octanol–water partition coefficient (Wildman–Crippen LogP) is 3.01. The number of alkyl halides is 3. The molecule has 17 heavy (non-hydrogen) atoms. The first-order valence-corrected chi connectivity index (χ1v) is 5.59. The monoisotopic (exact) mass is 246 g/mol. The largest absolute Gasteiger partial charge is 0.418 e. The van der Waals surface area contributed by atoms with Crippen LogP contribution in [0.5, 0.6) is 0 Å². The number of hydrogen-bond acceptors (Lipinski definition) is 2. The summed E-state index contributed by atoms with van der Waals surface area (Å²) in [6.07, 6.45) is -4.34. The van der Waals surface area contributed by atoms with Crippen LogP contribution < -0.4 is 10.6 Å². The molecule has 0 aliphatic heterocycles. The molecule has 1 aromatic rings. The summed E-state index contributed by atoms with van der Waals surface area (Å²) in [5.74, 6) is 0. The zero-order valence-electron chi connectivity index (χ0n) is 10.0. The molecule has 0 aromatic heterocycles. The molecule has 2 nitrogen and oxygen atoms in total. The summed E-state index contributed by atoms with van der Waals surface area (Å²) in [4.78, 5) is 1.68. The number of anilines is 1. The van der Waals surface area contributed by atoms with E-state index in [1.165, 1.54) is 6.07 Å². The normalized spacial score (nSPS) is 11.6. The number of nitrogens with zero attached hydrogens (tertiary/aromatic N) is 1. The van der Waals surface area contributed by atoms with Crippen LogP contribution in [0, 0.1) is 0 Å². The second-order valence-electron chi connectivity index (χ2n) is 3.73. The van der Waals surface area contributed by atoms with E-state index in [0.717, 1.165) is 6.07 Å². The lowest BCUT2D eigenvalue weighted by Gasteiger charge is -2.25. The summed E-state index contributed by atoms with van der Waals surface area (Å²) in [6.45, 7) is 4.87. The molecule has 0 aliphatic carbocycles. The summed E-state index contributed by atoms with van der Waals surface area (Å²) in [7, 11) is 0. The van der Waals surface area contributed by atoms with Crippen molar-refractivity contribution < 1.29 is 13.2 Å². The van der Waals surface area contributed by atoms with Crippen molar-refractivity contribution in [1.29, 1.82) is 0 Å². The lowest BCUT2D eigenvalue weighted by atomic mass is 10.1. The topological polar surface area (TPSA) is 29.3 Å². The highest BCUT2D eigenvalue weighted by Gasteiger charge is 2.34. The SMILES string of the molecule is CCN(CC)c1ccc(CN)cc1C(F)(F)F. The predicted molar refractivity (Wildman–Crippen MR) is 62.9 cm³/mol. The molecular formula is C12H17F3N2. The number of rotatable bonds is 4. The van der Waals surface area contributed by atoms with E-state index in [2.05, 4.69) is 0 Å². The fourth-order valence-corrected chi connectivity index (χ4v) is 1.78. The van der Waals surface area contributed by atoms with E-state index in [-0.39, 0.29) is 12.2 Å².